The van der Waals surface area contributed by atoms with Crippen LogP contribution in [0, 0.1) is 12.7 Å². The van der Waals surface area contributed by atoms with E-state index in [0.717, 1.165) is 29.4 Å². The average molecular weight is 354 g/mol. The molecule has 7 heteroatoms. The number of oxazole rings is 1. The molecule has 0 saturated carbocycles. The molecular weight excluding hydrogens is 335 g/mol. The lowest BCUT2D eigenvalue weighted by Gasteiger charge is -2.32. The lowest BCUT2D eigenvalue weighted by Crippen LogP contribution is -2.39. The monoisotopic (exact) mass is 354 g/mol. The summed E-state index contributed by atoms with van der Waals surface area (Å²) in [6, 6.07) is 8.33. The number of nitrogens with zero attached hydrogens (tertiary/aromatic N) is 4. The van der Waals surface area contributed by atoms with Gasteiger partial charge in [0.2, 0.25) is 5.89 Å². The summed E-state index contributed by atoms with van der Waals surface area (Å²) in [5, 5.41) is 0. The van der Waals surface area contributed by atoms with Crippen molar-refractivity contribution in [3.8, 4) is 0 Å². The fourth-order valence-corrected chi connectivity index (χ4v) is 2.98. The summed E-state index contributed by atoms with van der Waals surface area (Å²) in [6.07, 6.45) is 3.59. The summed E-state index contributed by atoms with van der Waals surface area (Å²) >= 11 is 0. The van der Waals surface area contributed by atoms with E-state index in [9.17, 15) is 4.39 Å². The molecule has 1 saturated heterocycles. The van der Waals surface area contributed by atoms with Crippen LogP contribution in [-0.4, -0.2) is 34.6 Å². The summed E-state index contributed by atoms with van der Waals surface area (Å²) in [5.41, 5.74) is 1.90. The largest absolute Gasteiger partial charge is 0.442 e. The van der Waals surface area contributed by atoms with Crippen molar-refractivity contribution in [3.63, 3.8) is 0 Å². The third kappa shape index (κ3) is 3.72. The molecule has 2 aromatic heterocycles. The van der Waals surface area contributed by atoms with Crippen LogP contribution in [0.15, 0.2) is 47.3 Å². The Balaban J connectivity index is 1.45. The highest BCUT2D eigenvalue weighted by Crippen LogP contribution is 2.25. The van der Waals surface area contributed by atoms with Crippen LogP contribution < -0.4 is 4.90 Å². The van der Waals surface area contributed by atoms with Crippen molar-refractivity contribution in [2.75, 3.05) is 24.6 Å². The van der Waals surface area contributed by atoms with E-state index in [1.807, 2.05) is 13.0 Å². The molecule has 134 valence electrons. The molecular formula is C19H19FN4O2. The molecule has 3 aromatic rings. The molecule has 0 amide bonds. The Labute approximate surface area is 150 Å². The zero-order valence-corrected chi connectivity index (χ0v) is 14.4. The average Bonchev–Trinajstić information content (AvgIpc) is 3.12. The molecule has 1 atom stereocenters. The second kappa shape index (κ2) is 7.21. The Morgan fingerprint density at radius 2 is 2.04 bits per heavy atom. The standard InChI is InChI=1S/C19H19FN4O2/c1-13-8-18(23-12-22-13)24-6-7-25-17(11-24)19-21-10-16(26-19)9-14-2-4-15(20)5-3-14/h2-5,8,10,12,17H,6-7,9,11H2,1H3/t17-/m1/s1. The van der Waals surface area contributed by atoms with E-state index in [4.69, 9.17) is 9.15 Å². The van der Waals surface area contributed by atoms with Gasteiger partial charge in [-0.2, -0.15) is 0 Å². The minimum atomic E-state index is -0.249. The number of morpholine rings is 1. The first-order valence-corrected chi connectivity index (χ1v) is 8.51. The van der Waals surface area contributed by atoms with E-state index in [1.54, 1.807) is 24.7 Å². The lowest BCUT2D eigenvalue weighted by atomic mass is 10.1. The van der Waals surface area contributed by atoms with E-state index in [0.29, 0.717) is 25.5 Å². The quantitative estimate of drug-likeness (QED) is 0.717. The van der Waals surface area contributed by atoms with Crippen LogP contribution in [0.5, 0.6) is 0 Å². The van der Waals surface area contributed by atoms with Crippen molar-refractivity contribution in [3.05, 3.63) is 71.6 Å². The van der Waals surface area contributed by atoms with Gasteiger partial charge in [0.15, 0.2) is 6.10 Å². The Kier molecular flexibility index (Phi) is 4.62. The van der Waals surface area contributed by atoms with Crippen LogP contribution in [0.3, 0.4) is 0 Å². The molecule has 0 bridgehead atoms. The van der Waals surface area contributed by atoms with E-state index in [-0.39, 0.29) is 11.9 Å². The van der Waals surface area contributed by atoms with Crippen molar-refractivity contribution in [1.29, 1.82) is 0 Å². The van der Waals surface area contributed by atoms with Crippen molar-refractivity contribution in [2.45, 2.75) is 19.4 Å². The van der Waals surface area contributed by atoms with Gasteiger partial charge < -0.3 is 14.1 Å². The molecule has 0 spiro atoms. The molecule has 1 fully saturated rings. The number of aromatic nitrogens is 3. The molecule has 0 unspecified atom stereocenters. The van der Waals surface area contributed by atoms with Gasteiger partial charge in [-0.25, -0.2) is 19.3 Å². The molecule has 1 aromatic carbocycles. The van der Waals surface area contributed by atoms with Crippen molar-refractivity contribution >= 4 is 5.82 Å². The molecule has 26 heavy (non-hydrogen) atoms. The zero-order chi connectivity index (χ0) is 17.9. The Morgan fingerprint density at radius 1 is 1.19 bits per heavy atom. The minimum absolute atomic E-state index is 0.248. The number of hydrogen-bond acceptors (Lipinski definition) is 6. The molecule has 1 aliphatic rings. The predicted molar refractivity (Wildman–Crippen MR) is 93.4 cm³/mol. The van der Waals surface area contributed by atoms with Gasteiger partial charge in [-0.15, -0.1) is 0 Å². The predicted octanol–water partition coefficient (Wildman–Crippen LogP) is 3.08. The molecule has 0 aliphatic carbocycles. The van der Waals surface area contributed by atoms with Crippen LogP contribution in [0.2, 0.25) is 0 Å². The minimum Gasteiger partial charge on any atom is -0.442 e. The van der Waals surface area contributed by atoms with Gasteiger partial charge in [0.1, 0.15) is 23.7 Å². The molecule has 3 heterocycles. The van der Waals surface area contributed by atoms with Crippen molar-refractivity contribution in [2.24, 2.45) is 0 Å². The fraction of sp³-hybridized carbons (Fsp3) is 0.316. The number of ether oxygens (including phenoxy) is 1. The third-order valence-electron chi connectivity index (χ3n) is 4.32. The number of rotatable bonds is 4. The van der Waals surface area contributed by atoms with Crippen molar-refractivity contribution in [1.82, 2.24) is 15.0 Å². The molecule has 4 rings (SSSR count). The maximum absolute atomic E-state index is 13.0. The Morgan fingerprint density at radius 3 is 2.85 bits per heavy atom. The molecule has 6 nitrogen and oxygen atoms in total. The number of anilines is 1. The summed E-state index contributed by atoms with van der Waals surface area (Å²) < 4.78 is 24.7. The first kappa shape index (κ1) is 16.7. The van der Waals surface area contributed by atoms with E-state index >= 15 is 0 Å². The van der Waals surface area contributed by atoms with Crippen LogP contribution in [0.1, 0.15) is 29.0 Å². The summed E-state index contributed by atoms with van der Waals surface area (Å²) in [5.74, 6) is 1.91. The van der Waals surface area contributed by atoms with E-state index < -0.39 is 0 Å². The van der Waals surface area contributed by atoms with Gasteiger partial charge in [-0.1, -0.05) is 12.1 Å². The Hall–Kier alpha value is -2.80. The van der Waals surface area contributed by atoms with Crippen LogP contribution in [0.25, 0.3) is 0 Å². The van der Waals surface area contributed by atoms with E-state index in [2.05, 4.69) is 19.9 Å². The van der Waals surface area contributed by atoms with Crippen LogP contribution in [0.4, 0.5) is 10.2 Å². The first-order valence-electron chi connectivity index (χ1n) is 8.51. The normalized spacial score (nSPS) is 17.5. The highest BCUT2D eigenvalue weighted by Gasteiger charge is 2.26. The number of halogens is 1. The highest BCUT2D eigenvalue weighted by molar-refractivity contribution is 5.39. The Bertz CT molecular complexity index is 881. The topological polar surface area (TPSA) is 64.3 Å². The maximum atomic E-state index is 13.0. The van der Waals surface area contributed by atoms with Gasteiger partial charge in [-0.3, -0.25) is 0 Å². The van der Waals surface area contributed by atoms with Gasteiger partial charge in [-0.05, 0) is 24.6 Å². The van der Waals surface area contributed by atoms with Gasteiger partial charge in [0, 0.05) is 24.7 Å². The number of aryl methyl sites for hydroxylation is 1. The number of hydrogen-bond donors (Lipinski definition) is 0. The van der Waals surface area contributed by atoms with E-state index in [1.165, 1.54) is 12.1 Å². The smallest absolute Gasteiger partial charge is 0.225 e. The third-order valence-corrected chi connectivity index (χ3v) is 4.32. The maximum Gasteiger partial charge on any atom is 0.225 e. The lowest BCUT2D eigenvalue weighted by molar-refractivity contribution is 0.0214. The SMILES string of the molecule is Cc1cc(N2CCO[C@@H](c3ncc(Cc4ccc(F)cc4)o3)C2)ncn1. The van der Waals surface area contributed by atoms with Gasteiger partial charge in [0.05, 0.1) is 19.3 Å². The van der Waals surface area contributed by atoms with Crippen molar-refractivity contribution < 1.29 is 13.5 Å². The second-order valence-corrected chi connectivity index (χ2v) is 6.29. The summed E-state index contributed by atoms with van der Waals surface area (Å²) in [6.45, 7) is 3.89. The zero-order valence-electron chi connectivity index (χ0n) is 14.4. The first-order chi connectivity index (χ1) is 12.7. The second-order valence-electron chi connectivity index (χ2n) is 6.29. The molecule has 1 aliphatic heterocycles. The van der Waals surface area contributed by atoms with Crippen LogP contribution in [-0.2, 0) is 11.2 Å². The summed E-state index contributed by atoms with van der Waals surface area (Å²) in [7, 11) is 0. The van der Waals surface area contributed by atoms with Gasteiger partial charge in [0.25, 0.3) is 0 Å². The molecule has 0 N–H and O–H groups in total. The van der Waals surface area contributed by atoms with Crippen LogP contribution >= 0.6 is 0 Å². The number of benzene rings is 1. The highest BCUT2D eigenvalue weighted by atomic mass is 19.1. The van der Waals surface area contributed by atoms with Gasteiger partial charge >= 0.3 is 0 Å². The summed E-state index contributed by atoms with van der Waals surface area (Å²) in [4.78, 5) is 15.0. The molecule has 0 radical (unpaired) electrons. The fourth-order valence-electron chi connectivity index (χ4n) is 2.98.